The third-order valence-corrected chi connectivity index (χ3v) is 7.89. The molecule has 0 aliphatic heterocycles. The fraction of sp³-hybridized carbons (Fsp3) is 0.636. The van der Waals surface area contributed by atoms with Gasteiger partial charge in [0.2, 0.25) is 0 Å². The summed E-state index contributed by atoms with van der Waals surface area (Å²) < 4.78 is 0. The summed E-state index contributed by atoms with van der Waals surface area (Å²) in [5, 5.41) is 1.05. The molecule has 0 bridgehead atoms. The van der Waals surface area contributed by atoms with E-state index in [1.807, 2.05) is 6.08 Å². The highest BCUT2D eigenvalue weighted by Gasteiger charge is 2.36. The maximum Gasteiger partial charge on any atom is 0.0245 e. The molecule has 6 unspecified atom stereocenters. The molecule has 0 saturated carbocycles. The van der Waals surface area contributed by atoms with E-state index in [1.165, 1.54) is 31.3 Å². The maximum atomic E-state index is 4.28. The second-order valence-electron chi connectivity index (χ2n) is 7.55. The third-order valence-electron chi connectivity index (χ3n) is 5.83. The summed E-state index contributed by atoms with van der Waals surface area (Å²) in [4.78, 5) is 0.498. The molecule has 0 radical (unpaired) electrons. The van der Waals surface area contributed by atoms with Gasteiger partial charge in [-0.3, -0.25) is 0 Å². The van der Waals surface area contributed by atoms with Gasteiger partial charge in [-0.2, -0.15) is 0 Å². The Morgan fingerprint density at radius 3 is 2.67 bits per heavy atom. The van der Waals surface area contributed by atoms with Gasteiger partial charge in [0.15, 0.2) is 0 Å². The van der Waals surface area contributed by atoms with E-state index in [2.05, 4.69) is 76.2 Å². The van der Waals surface area contributed by atoms with Crippen molar-refractivity contribution in [2.24, 2.45) is 29.6 Å². The minimum Gasteiger partial charge on any atom is -0.103 e. The summed E-state index contributed by atoms with van der Waals surface area (Å²) in [5.74, 6) is 3.26. The number of hydrogen-bond donors (Lipinski definition) is 0. The molecule has 0 aromatic carbocycles. The van der Waals surface area contributed by atoms with Crippen LogP contribution in [0.2, 0.25) is 0 Å². The van der Waals surface area contributed by atoms with Crippen LogP contribution in [0.25, 0.3) is 0 Å². The Labute approximate surface area is 165 Å². The molecule has 0 aromatic rings. The number of allylic oxidation sites excluding steroid dienone is 6. The number of hydrogen-bond acceptors (Lipinski definition) is 0. The number of halogens is 2. The summed E-state index contributed by atoms with van der Waals surface area (Å²) in [5.41, 5.74) is 1.30. The van der Waals surface area contributed by atoms with Crippen LogP contribution in [0.4, 0.5) is 0 Å². The van der Waals surface area contributed by atoms with Crippen LogP contribution in [0.1, 0.15) is 45.4 Å². The standard InChI is InChI=1S/C22H32Br2/c1-4-5-11-20(16(2)3)22(24)21-14-18(12-13-19(21)15-23)17-9-7-6-8-10-17/h4,7,9,12-13,17-22H,1-2,5-6,8,10-11,14-15H2,3H3. The molecule has 0 amide bonds. The van der Waals surface area contributed by atoms with Crippen LogP contribution in [0.3, 0.4) is 0 Å². The van der Waals surface area contributed by atoms with E-state index in [-0.39, 0.29) is 0 Å². The van der Waals surface area contributed by atoms with Gasteiger partial charge in [0, 0.05) is 10.2 Å². The maximum absolute atomic E-state index is 4.28. The first kappa shape index (κ1) is 20.2. The van der Waals surface area contributed by atoms with Crippen molar-refractivity contribution in [2.45, 2.75) is 50.3 Å². The Kier molecular flexibility index (Phi) is 8.57. The van der Waals surface area contributed by atoms with Crippen molar-refractivity contribution in [1.29, 1.82) is 0 Å². The molecule has 0 N–H and O–H groups in total. The molecule has 24 heavy (non-hydrogen) atoms. The van der Waals surface area contributed by atoms with Gasteiger partial charge in [-0.25, -0.2) is 0 Å². The molecule has 6 atom stereocenters. The predicted octanol–water partition coefficient (Wildman–Crippen LogP) is 7.47. The molecule has 0 nitrogen and oxygen atoms in total. The lowest BCUT2D eigenvalue weighted by Gasteiger charge is -2.40. The molecule has 0 heterocycles. The summed E-state index contributed by atoms with van der Waals surface area (Å²) in [6, 6.07) is 0. The average molecular weight is 456 g/mol. The van der Waals surface area contributed by atoms with Gasteiger partial charge in [-0.05, 0) is 75.0 Å². The average Bonchev–Trinajstić information content (AvgIpc) is 2.61. The molecule has 0 fully saturated rings. The van der Waals surface area contributed by atoms with Crippen LogP contribution >= 0.6 is 31.9 Å². The fourth-order valence-corrected chi connectivity index (χ4v) is 6.33. The monoisotopic (exact) mass is 454 g/mol. The lowest BCUT2D eigenvalue weighted by molar-refractivity contribution is 0.252. The van der Waals surface area contributed by atoms with Crippen molar-refractivity contribution < 1.29 is 0 Å². The zero-order valence-electron chi connectivity index (χ0n) is 15.0. The summed E-state index contributed by atoms with van der Waals surface area (Å²) >= 11 is 7.85. The highest BCUT2D eigenvalue weighted by atomic mass is 79.9. The first-order chi connectivity index (χ1) is 11.6. The Balaban J connectivity index is 2.13. The highest BCUT2D eigenvalue weighted by molar-refractivity contribution is 9.09. The fourth-order valence-electron chi connectivity index (χ4n) is 4.31. The van der Waals surface area contributed by atoms with Crippen LogP contribution in [0.15, 0.2) is 49.1 Å². The van der Waals surface area contributed by atoms with Crippen LogP contribution in [-0.4, -0.2) is 10.2 Å². The van der Waals surface area contributed by atoms with Crippen LogP contribution < -0.4 is 0 Å². The third kappa shape index (κ3) is 5.21. The van der Waals surface area contributed by atoms with Gasteiger partial charge >= 0.3 is 0 Å². The topological polar surface area (TPSA) is 0 Å². The van der Waals surface area contributed by atoms with E-state index < -0.39 is 0 Å². The Bertz CT molecular complexity index is 476. The van der Waals surface area contributed by atoms with E-state index >= 15 is 0 Å². The SMILES string of the molecule is C=CCCC(C(=C)C)C(Br)C1CC(C2C=CCCC2)C=CC1CBr. The van der Waals surface area contributed by atoms with Gasteiger partial charge in [0.05, 0.1) is 0 Å². The van der Waals surface area contributed by atoms with E-state index in [9.17, 15) is 0 Å². The van der Waals surface area contributed by atoms with E-state index in [0.717, 1.165) is 24.1 Å². The molecule has 2 rings (SSSR count). The predicted molar refractivity (Wildman–Crippen MR) is 115 cm³/mol. The Morgan fingerprint density at radius 1 is 1.29 bits per heavy atom. The largest absolute Gasteiger partial charge is 0.103 e. The number of alkyl halides is 2. The Morgan fingerprint density at radius 2 is 2.08 bits per heavy atom. The van der Waals surface area contributed by atoms with Gasteiger partial charge in [-0.1, -0.05) is 74.4 Å². The molecule has 0 aromatic heterocycles. The van der Waals surface area contributed by atoms with Crippen molar-refractivity contribution in [3.05, 3.63) is 49.1 Å². The van der Waals surface area contributed by atoms with Crippen molar-refractivity contribution in [3.8, 4) is 0 Å². The first-order valence-corrected chi connectivity index (χ1v) is 11.4. The van der Waals surface area contributed by atoms with Gasteiger partial charge in [0.1, 0.15) is 0 Å². The van der Waals surface area contributed by atoms with E-state index in [1.54, 1.807) is 0 Å². The smallest absolute Gasteiger partial charge is 0.0245 e. The molecular weight excluding hydrogens is 424 g/mol. The molecule has 2 aliphatic carbocycles. The van der Waals surface area contributed by atoms with Gasteiger partial charge in [0.25, 0.3) is 0 Å². The number of rotatable bonds is 8. The second kappa shape index (κ2) is 10.2. The van der Waals surface area contributed by atoms with Crippen molar-refractivity contribution >= 4 is 31.9 Å². The van der Waals surface area contributed by atoms with Crippen molar-refractivity contribution in [1.82, 2.24) is 0 Å². The molecular formula is C22H32Br2. The van der Waals surface area contributed by atoms with E-state index in [0.29, 0.717) is 28.5 Å². The Hall–Kier alpha value is -0.0800. The quantitative estimate of drug-likeness (QED) is 0.263. The zero-order valence-corrected chi connectivity index (χ0v) is 18.1. The van der Waals surface area contributed by atoms with Crippen molar-refractivity contribution in [2.75, 3.05) is 5.33 Å². The lowest BCUT2D eigenvalue weighted by atomic mass is 9.69. The van der Waals surface area contributed by atoms with Crippen molar-refractivity contribution in [3.63, 3.8) is 0 Å². The normalized spacial score (nSPS) is 32.3. The molecule has 2 aliphatic rings. The minimum absolute atomic E-state index is 0.498. The van der Waals surface area contributed by atoms with Gasteiger partial charge in [-0.15, -0.1) is 6.58 Å². The lowest BCUT2D eigenvalue weighted by Crippen LogP contribution is -2.35. The highest BCUT2D eigenvalue weighted by Crippen LogP contribution is 2.44. The molecule has 0 saturated heterocycles. The zero-order chi connectivity index (χ0) is 17.5. The van der Waals surface area contributed by atoms with Crippen LogP contribution in [0, 0.1) is 29.6 Å². The van der Waals surface area contributed by atoms with Gasteiger partial charge < -0.3 is 0 Å². The molecule has 134 valence electrons. The van der Waals surface area contributed by atoms with Crippen LogP contribution in [-0.2, 0) is 0 Å². The summed E-state index contributed by atoms with van der Waals surface area (Å²) in [6.07, 6.45) is 19.3. The second-order valence-corrected chi connectivity index (χ2v) is 9.26. The van der Waals surface area contributed by atoms with E-state index in [4.69, 9.17) is 0 Å². The minimum atomic E-state index is 0.498. The molecule has 0 spiro atoms. The first-order valence-electron chi connectivity index (χ1n) is 9.39. The molecule has 2 heteroatoms. The summed E-state index contributed by atoms with van der Waals surface area (Å²) in [6.45, 7) is 10.4. The van der Waals surface area contributed by atoms with Crippen LogP contribution in [0.5, 0.6) is 0 Å². The summed E-state index contributed by atoms with van der Waals surface area (Å²) in [7, 11) is 0.